The van der Waals surface area contributed by atoms with Crippen molar-refractivity contribution in [2.45, 2.75) is 6.92 Å². The molecule has 5 nitrogen and oxygen atoms in total. The number of aryl methyl sites for hydroxylation is 2. The number of ether oxygens (including phenoxy) is 1. The SMILES string of the molecule is COc1ccc2oc(=O)n3cc[n+](C)c3c2c1C. The van der Waals surface area contributed by atoms with Crippen LogP contribution in [0.1, 0.15) is 5.56 Å². The van der Waals surface area contributed by atoms with E-state index < -0.39 is 0 Å². The van der Waals surface area contributed by atoms with E-state index in [0.717, 1.165) is 22.3 Å². The fourth-order valence-corrected chi connectivity index (χ4v) is 2.32. The summed E-state index contributed by atoms with van der Waals surface area (Å²) in [5.41, 5.74) is 2.33. The zero-order valence-electron chi connectivity index (χ0n) is 10.4. The van der Waals surface area contributed by atoms with Crippen molar-refractivity contribution in [2.24, 2.45) is 7.05 Å². The Labute approximate surface area is 103 Å². The molecule has 0 unspecified atom stereocenters. The normalized spacial score (nSPS) is 11.3. The first-order chi connectivity index (χ1) is 8.63. The Morgan fingerprint density at radius 2 is 2.17 bits per heavy atom. The van der Waals surface area contributed by atoms with Gasteiger partial charge in [-0.3, -0.25) is 0 Å². The predicted octanol–water partition coefficient (Wildman–Crippen LogP) is 1.19. The summed E-state index contributed by atoms with van der Waals surface area (Å²) in [5, 5.41) is 0.890. The molecular weight excluding hydrogens is 232 g/mol. The van der Waals surface area contributed by atoms with E-state index in [-0.39, 0.29) is 5.76 Å². The molecule has 0 aliphatic heterocycles. The van der Waals surface area contributed by atoms with Crippen LogP contribution in [0.15, 0.2) is 33.7 Å². The maximum Gasteiger partial charge on any atom is 0.517 e. The first-order valence-electron chi connectivity index (χ1n) is 5.60. The van der Waals surface area contributed by atoms with Gasteiger partial charge < -0.3 is 9.15 Å². The minimum Gasteiger partial charge on any atom is -0.496 e. The molecule has 2 heterocycles. The number of benzene rings is 1. The van der Waals surface area contributed by atoms with Gasteiger partial charge in [0.15, 0.2) is 5.58 Å². The van der Waals surface area contributed by atoms with Crippen molar-refractivity contribution in [3.63, 3.8) is 0 Å². The van der Waals surface area contributed by atoms with Crippen molar-refractivity contribution in [1.29, 1.82) is 0 Å². The van der Waals surface area contributed by atoms with E-state index in [1.165, 1.54) is 4.40 Å². The van der Waals surface area contributed by atoms with Crippen molar-refractivity contribution in [1.82, 2.24) is 4.40 Å². The molecule has 1 aromatic carbocycles. The fraction of sp³-hybridized carbons (Fsp3) is 0.231. The molecule has 2 aromatic heterocycles. The Bertz CT molecular complexity index is 814. The molecule has 0 radical (unpaired) electrons. The zero-order valence-corrected chi connectivity index (χ0v) is 10.4. The van der Waals surface area contributed by atoms with Gasteiger partial charge in [0, 0.05) is 5.56 Å². The van der Waals surface area contributed by atoms with Crippen LogP contribution in [0.4, 0.5) is 0 Å². The number of hydrogen-bond donors (Lipinski definition) is 0. The third-order valence-corrected chi connectivity index (χ3v) is 3.22. The van der Waals surface area contributed by atoms with E-state index in [1.54, 1.807) is 25.4 Å². The van der Waals surface area contributed by atoms with Gasteiger partial charge in [0.05, 0.1) is 14.2 Å². The number of methoxy groups -OCH3 is 1. The molecular formula is C13H13N2O3+. The average molecular weight is 245 g/mol. The molecule has 0 atom stereocenters. The van der Waals surface area contributed by atoms with Gasteiger partial charge in [0.1, 0.15) is 23.5 Å². The largest absolute Gasteiger partial charge is 0.517 e. The molecule has 18 heavy (non-hydrogen) atoms. The highest BCUT2D eigenvalue weighted by atomic mass is 16.5. The molecule has 0 spiro atoms. The summed E-state index contributed by atoms with van der Waals surface area (Å²) in [6.45, 7) is 1.95. The highest BCUT2D eigenvalue weighted by Gasteiger charge is 2.20. The third kappa shape index (κ3) is 1.27. The topological polar surface area (TPSA) is 47.7 Å². The second-order valence-electron chi connectivity index (χ2n) is 4.24. The van der Waals surface area contributed by atoms with Crippen molar-refractivity contribution >= 4 is 16.6 Å². The lowest BCUT2D eigenvalue weighted by atomic mass is 10.1. The van der Waals surface area contributed by atoms with Gasteiger partial charge in [0.2, 0.25) is 0 Å². The van der Waals surface area contributed by atoms with E-state index in [9.17, 15) is 4.79 Å². The second kappa shape index (κ2) is 3.60. The molecule has 5 heteroatoms. The van der Waals surface area contributed by atoms with Gasteiger partial charge in [-0.15, -0.1) is 4.40 Å². The molecule has 0 bridgehead atoms. The Morgan fingerprint density at radius 1 is 1.39 bits per heavy atom. The van der Waals surface area contributed by atoms with E-state index in [2.05, 4.69) is 0 Å². The predicted molar refractivity (Wildman–Crippen MR) is 65.9 cm³/mol. The van der Waals surface area contributed by atoms with Crippen LogP contribution in [0, 0.1) is 6.92 Å². The second-order valence-corrected chi connectivity index (χ2v) is 4.24. The van der Waals surface area contributed by atoms with Crippen LogP contribution in [-0.4, -0.2) is 11.5 Å². The van der Waals surface area contributed by atoms with Crippen molar-refractivity contribution < 1.29 is 13.7 Å². The number of nitrogens with zero attached hydrogens (tertiary/aromatic N) is 2. The summed E-state index contributed by atoms with van der Waals surface area (Å²) in [6, 6.07) is 3.57. The van der Waals surface area contributed by atoms with Crippen molar-refractivity contribution in [3.05, 3.63) is 40.6 Å². The van der Waals surface area contributed by atoms with Gasteiger partial charge >= 0.3 is 11.4 Å². The van der Waals surface area contributed by atoms with Crippen LogP contribution in [-0.2, 0) is 7.05 Å². The molecule has 3 rings (SSSR count). The lowest BCUT2D eigenvalue weighted by Gasteiger charge is -2.06. The molecule has 0 amide bonds. The Hall–Kier alpha value is -2.30. The van der Waals surface area contributed by atoms with Crippen LogP contribution in [0.3, 0.4) is 0 Å². The number of imidazole rings is 1. The maximum atomic E-state index is 11.8. The van der Waals surface area contributed by atoms with Crippen LogP contribution in [0.5, 0.6) is 5.75 Å². The molecule has 0 aliphatic carbocycles. The lowest BCUT2D eigenvalue weighted by Crippen LogP contribution is -2.28. The molecule has 0 saturated heterocycles. The fourth-order valence-electron chi connectivity index (χ4n) is 2.32. The van der Waals surface area contributed by atoms with Crippen LogP contribution in [0.25, 0.3) is 16.6 Å². The first-order valence-corrected chi connectivity index (χ1v) is 5.60. The molecule has 0 saturated carbocycles. The summed E-state index contributed by atoms with van der Waals surface area (Å²) in [5.74, 6) is 0.391. The molecule has 3 aromatic rings. The van der Waals surface area contributed by atoms with Crippen molar-refractivity contribution in [3.8, 4) is 5.75 Å². The average Bonchev–Trinajstić information content (AvgIpc) is 2.73. The van der Waals surface area contributed by atoms with Gasteiger partial charge in [-0.05, 0) is 19.1 Å². The monoisotopic (exact) mass is 245 g/mol. The summed E-state index contributed by atoms with van der Waals surface area (Å²) in [6.07, 6.45) is 3.52. The third-order valence-electron chi connectivity index (χ3n) is 3.22. The Morgan fingerprint density at radius 3 is 2.89 bits per heavy atom. The van der Waals surface area contributed by atoms with E-state index in [4.69, 9.17) is 9.15 Å². The molecule has 0 fully saturated rings. The first kappa shape index (κ1) is 10.8. The van der Waals surface area contributed by atoms with Gasteiger partial charge in [0.25, 0.3) is 0 Å². The maximum absolute atomic E-state index is 11.8. The Kier molecular flexibility index (Phi) is 2.16. The van der Waals surface area contributed by atoms with Crippen molar-refractivity contribution in [2.75, 3.05) is 7.11 Å². The summed E-state index contributed by atoms with van der Waals surface area (Å²) >= 11 is 0. The molecule has 92 valence electrons. The Balaban J connectivity index is 2.66. The van der Waals surface area contributed by atoms with Crippen LogP contribution in [0.2, 0.25) is 0 Å². The minimum atomic E-state index is -0.386. The van der Waals surface area contributed by atoms with Gasteiger partial charge in [-0.2, -0.15) is 4.79 Å². The van der Waals surface area contributed by atoms with E-state index in [1.807, 2.05) is 24.7 Å². The number of hydrogen-bond acceptors (Lipinski definition) is 3. The highest BCUT2D eigenvalue weighted by molar-refractivity contribution is 5.92. The summed E-state index contributed by atoms with van der Waals surface area (Å²) in [7, 11) is 3.52. The lowest BCUT2D eigenvalue weighted by molar-refractivity contribution is -0.643. The summed E-state index contributed by atoms with van der Waals surface area (Å²) in [4.78, 5) is 11.8. The number of aromatic nitrogens is 2. The smallest absolute Gasteiger partial charge is 0.496 e. The molecule has 0 N–H and O–H groups in total. The number of fused-ring (bicyclic) bond motifs is 3. The van der Waals surface area contributed by atoms with Gasteiger partial charge in [-0.1, -0.05) is 0 Å². The quantitative estimate of drug-likeness (QED) is 0.605. The van der Waals surface area contributed by atoms with E-state index in [0.29, 0.717) is 5.58 Å². The number of rotatable bonds is 1. The molecule has 0 aliphatic rings. The standard InChI is InChI=1S/C13H13N2O3/c1-8-9(17-3)4-5-10-11(8)12-14(2)6-7-15(12)13(16)18-10/h4-7H,1-3H3/q+1. The van der Waals surface area contributed by atoms with Crippen LogP contribution < -0.4 is 15.1 Å². The minimum absolute atomic E-state index is 0.386. The van der Waals surface area contributed by atoms with Gasteiger partial charge in [-0.25, -0.2) is 4.57 Å². The summed E-state index contributed by atoms with van der Waals surface area (Å²) < 4.78 is 14.0. The van der Waals surface area contributed by atoms with Crippen LogP contribution >= 0.6 is 0 Å². The highest BCUT2D eigenvalue weighted by Crippen LogP contribution is 2.28. The van der Waals surface area contributed by atoms with E-state index >= 15 is 0 Å². The zero-order chi connectivity index (χ0) is 12.9.